The van der Waals surface area contributed by atoms with Crippen LogP contribution in [0.3, 0.4) is 0 Å². The highest BCUT2D eigenvalue weighted by molar-refractivity contribution is 7.85. The summed E-state index contributed by atoms with van der Waals surface area (Å²) in [4.78, 5) is 7.78. The van der Waals surface area contributed by atoms with E-state index in [0.29, 0.717) is 5.69 Å². The summed E-state index contributed by atoms with van der Waals surface area (Å²) >= 11 is 0. The zero-order valence-electron chi connectivity index (χ0n) is 8.78. The molecule has 0 aliphatic rings. The van der Waals surface area contributed by atoms with E-state index < -0.39 is 23.7 Å². The van der Waals surface area contributed by atoms with E-state index in [9.17, 15) is 9.32 Å². The van der Waals surface area contributed by atoms with Gasteiger partial charge in [-0.25, -0.2) is 14.2 Å². The lowest BCUT2D eigenvalue weighted by atomic mass is 10.4. The number of hydrogen-bond donors (Lipinski definition) is 3. The van der Waals surface area contributed by atoms with Crippen molar-refractivity contribution in [1.82, 2.24) is 9.97 Å². The van der Waals surface area contributed by atoms with Crippen molar-refractivity contribution in [1.29, 1.82) is 0 Å². The van der Waals surface area contributed by atoms with Crippen molar-refractivity contribution in [3.8, 4) is 0 Å². The van der Waals surface area contributed by atoms with Gasteiger partial charge in [-0.1, -0.05) is 0 Å². The zero-order valence-corrected chi connectivity index (χ0v) is 9.59. The van der Waals surface area contributed by atoms with Gasteiger partial charge in [-0.2, -0.15) is 0 Å². The van der Waals surface area contributed by atoms with Crippen LogP contribution in [-0.4, -0.2) is 49.9 Å². The van der Waals surface area contributed by atoms with Crippen LogP contribution in [-0.2, 0) is 11.0 Å². The molecule has 1 aromatic heterocycles. The number of nitrogens with two attached hydrogens (primary N) is 1. The number of anilines is 2. The Hall–Kier alpha value is -1.25. The molecule has 0 amide bonds. The normalized spacial score (nSPS) is 14.4. The van der Waals surface area contributed by atoms with Crippen LogP contribution in [0.1, 0.15) is 0 Å². The summed E-state index contributed by atoms with van der Waals surface area (Å²) < 4.78 is 12.7. The highest BCUT2D eigenvalue weighted by Crippen LogP contribution is 2.10. The number of nitrogens with zero attached hydrogens (tertiary/aromatic N) is 3. The molecular formula is C8H14N4O3S. The lowest BCUT2D eigenvalue weighted by Crippen LogP contribution is -2.36. The molecule has 0 bridgehead atoms. The molecule has 1 heterocycles. The summed E-state index contributed by atoms with van der Waals surface area (Å²) in [5.41, 5.74) is 5.82. The van der Waals surface area contributed by atoms with Gasteiger partial charge < -0.3 is 15.9 Å². The first-order valence-electron chi connectivity index (χ1n) is 4.52. The summed E-state index contributed by atoms with van der Waals surface area (Å²) in [6.45, 7) is -0.424. The molecule has 0 aliphatic heterocycles. The van der Waals surface area contributed by atoms with Crippen molar-refractivity contribution in [3.63, 3.8) is 0 Å². The largest absolute Gasteiger partial charge is 0.396 e. The maximum Gasteiger partial charge on any atom is 0.237 e. The molecule has 0 aliphatic carbocycles. The topological polar surface area (TPSA) is 113 Å². The fraction of sp³-hybridized carbons (Fsp3) is 0.500. The molecule has 8 heteroatoms. The summed E-state index contributed by atoms with van der Waals surface area (Å²) in [5, 5.41) is 18.0. The van der Waals surface area contributed by atoms with Crippen LogP contribution in [0.15, 0.2) is 12.4 Å². The molecule has 4 N–H and O–H groups in total. The third-order valence-electron chi connectivity index (χ3n) is 1.78. The first-order chi connectivity index (χ1) is 7.54. The highest BCUT2D eigenvalue weighted by atomic mass is 32.2. The quantitative estimate of drug-likeness (QED) is 0.583. The third-order valence-corrected chi connectivity index (χ3v) is 2.71. The molecule has 2 unspecified atom stereocenters. The second-order valence-corrected chi connectivity index (χ2v) is 4.43. The molecule has 0 spiro atoms. The Morgan fingerprint density at radius 3 is 2.56 bits per heavy atom. The molecule has 1 aromatic rings. The standard InChI is InChI=1S/C8H14N4O3S/c1-16(15)12(4-7(14)5-13)8-10-2-6(9)3-11-8/h2-3,7,13-14H,4-5,9H2,1H3. The number of aliphatic hydroxyl groups excluding tert-OH is 2. The van der Waals surface area contributed by atoms with Gasteiger partial charge in [0.2, 0.25) is 5.95 Å². The average molecular weight is 246 g/mol. The summed E-state index contributed by atoms with van der Waals surface area (Å²) in [5.74, 6) is 0.197. The van der Waals surface area contributed by atoms with Crippen LogP contribution in [0.25, 0.3) is 0 Å². The van der Waals surface area contributed by atoms with Crippen LogP contribution in [0.5, 0.6) is 0 Å². The van der Waals surface area contributed by atoms with E-state index in [4.69, 9.17) is 10.8 Å². The summed E-state index contributed by atoms with van der Waals surface area (Å²) in [6, 6.07) is 0. The number of rotatable bonds is 5. The molecule has 7 nitrogen and oxygen atoms in total. The van der Waals surface area contributed by atoms with E-state index in [1.165, 1.54) is 23.0 Å². The molecule has 1 rings (SSSR count). The minimum Gasteiger partial charge on any atom is -0.396 e. The maximum atomic E-state index is 11.4. The maximum absolute atomic E-state index is 11.4. The molecular weight excluding hydrogens is 232 g/mol. The second-order valence-electron chi connectivity index (χ2n) is 3.14. The van der Waals surface area contributed by atoms with E-state index in [1.54, 1.807) is 0 Å². The number of nitrogen functional groups attached to an aromatic ring is 1. The van der Waals surface area contributed by atoms with Crippen LogP contribution in [0.2, 0.25) is 0 Å². The Morgan fingerprint density at radius 1 is 1.56 bits per heavy atom. The lowest BCUT2D eigenvalue weighted by molar-refractivity contribution is 0.102. The Morgan fingerprint density at radius 2 is 2.12 bits per heavy atom. The van der Waals surface area contributed by atoms with Crippen LogP contribution in [0.4, 0.5) is 11.6 Å². The van der Waals surface area contributed by atoms with Gasteiger partial charge in [0.05, 0.1) is 37.3 Å². The van der Waals surface area contributed by atoms with Gasteiger partial charge in [-0.05, 0) is 0 Å². The van der Waals surface area contributed by atoms with Gasteiger partial charge >= 0.3 is 0 Å². The fourth-order valence-corrected chi connectivity index (χ4v) is 1.72. The van der Waals surface area contributed by atoms with Crippen molar-refractivity contribution in [2.45, 2.75) is 6.10 Å². The molecule has 16 heavy (non-hydrogen) atoms. The Bertz CT molecular complexity index is 359. The molecule has 0 radical (unpaired) electrons. The van der Waals surface area contributed by atoms with Crippen molar-refractivity contribution in [3.05, 3.63) is 12.4 Å². The van der Waals surface area contributed by atoms with Gasteiger partial charge in [0.15, 0.2) is 0 Å². The molecule has 0 aromatic carbocycles. The van der Waals surface area contributed by atoms with E-state index in [1.807, 2.05) is 0 Å². The molecule has 2 atom stereocenters. The van der Waals surface area contributed by atoms with Gasteiger partial charge in [0.1, 0.15) is 11.0 Å². The fourth-order valence-electron chi connectivity index (χ4n) is 1.01. The first-order valence-corrected chi connectivity index (χ1v) is 6.03. The zero-order chi connectivity index (χ0) is 12.1. The SMILES string of the molecule is CS(=O)N(CC(O)CO)c1ncc(N)cn1. The number of hydrogen-bond acceptors (Lipinski definition) is 6. The highest BCUT2D eigenvalue weighted by Gasteiger charge is 2.17. The van der Waals surface area contributed by atoms with E-state index >= 15 is 0 Å². The lowest BCUT2D eigenvalue weighted by Gasteiger charge is -2.21. The first kappa shape index (κ1) is 12.8. The molecule has 0 fully saturated rings. The van der Waals surface area contributed by atoms with Gasteiger partial charge in [-0.3, -0.25) is 4.31 Å². The summed E-state index contributed by atoms with van der Waals surface area (Å²) in [6.07, 6.45) is 3.20. The van der Waals surface area contributed by atoms with Crippen molar-refractivity contribution < 1.29 is 14.4 Å². The molecule has 0 saturated carbocycles. The predicted octanol–water partition coefficient (Wildman–Crippen LogP) is -1.49. The molecule has 0 saturated heterocycles. The summed E-state index contributed by atoms with van der Waals surface area (Å²) in [7, 11) is -1.39. The predicted molar refractivity (Wildman–Crippen MR) is 60.9 cm³/mol. The Kier molecular flexibility index (Phi) is 4.59. The Labute approximate surface area is 95.5 Å². The minimum absolute atomic E-state index is 0.0104. The third kappa shape index (κ3) is 3.40. The van der Waals surface area contributed by atoms with Gasteiger partial charge in [0.25, 0.3) is 0 Å². The van der Waals surface area contributed by atoms with Crippen molar-refractivity contribution in [2.75, 3.05) is 29.4 Å². The van der Waals surface area contributed by atoms with Crippen molar-refractivity contribution >= 4 is 22.6 Å². The second kappa shape index (κ2) is 5.73. The van der Waals surface area contributed by atoms with Crippen LogP contribution < -0.4 is 10.0 Å². The molecule has 90 valence electrons. The number of aliphatic hydroxyl groups is 2. The van der Waals surface area contributed by atoms with E-state index in [-0.39, 0.29) is 12.5 Å². The number of aromatic nitrogens is 2. The van der Waals surface area contributed by atoms with E-state index in [0.717, 1.165) is 0 Å². The van der Waals surface area contributed by atoms with Gasteiger partial charge in [-0.15, -0.1) is 0 Å². The Balaban J connectivity index is 2.85. The van der Waals surface area contributed by atoms with Gasteiger partial charge in [0, 0.05) is 6.26 Å². The monoisotopic (exact) mass is 246 g/mol. The van der Waals surface area contributed by atoms with Crippen LogP contribution >= 0.6 is 0 Å². The van der Waals surface area contributed by atoms with E-state index in [2.05, 4.69) is 9.97 Å². The van der Waals surface area contributed by atoms with Crippen LogP contribution in [0, 0.1) is 0 Å². The smallest absolute Gasteiger partial charge is 0.237 e. The van der Waals surface area contributed by atoms with Crippen molar-refractivity contribution in [2.24, 2.45) is 0 Å². The average Bonchev–Trinajstić information content (AvgIpc) is 2.26. The minimum atomic E-state index is -1.39.